The summed E-state index contributed by atoms with van der Waals surface area (Å²) < 4.78 is 8.93. The zero-order chi connectivity index (χ0) is 27.1. The molecule has 0 fully saturated rings. The molecular formula is C35H22N4O. The highest BCUT2D eigenvalue weighted by molar-refractivity contribution is 6.28. The second-order valence-corrected chi connectivity index (χ2v) is 10.6. The van der Waals surface area contributed by atoms with Crippen molar-refractivity contribution in [3.8, 4) is 22.9 Å². The van der Waals surface area contributed by atoms with Crippen molar-refractivity contribution in [2.75, 3.05) is 4.90 Å². The molecule has 5 nitrogen and oxygen atoms in total. The number of furan rings is 1. The quantitative estimate of drug-likeness (QED) is 0.216. The van der Waals surface area contributed by atoms with Gasteiger partial charge in [-0.25, -0.2) is 4.85 Å². The van der Waals surface area contributed by atoms with Gasteiger partial charge in [0.1, 0.15) is 11.2 Å². The standard InChI is InChI=1S/C35H22N4O/c1-20(2)38-30-16-21(19-36)8-14-29(30)39-28-15-11-23(22-9-12-24(37-3)13-10-22)17-27(28)33-34(39)31(38)18-26-25-6-4-5-7-32(25)40-35(26)33/h4-18,20H,1-2H3. The number of fused-ring (bicyclic) bond motifs is 9. The Balaban J connectivity index is 1.57. The third-order valence-corrected chi connectivity index (χ3v) is 8.06. The molecule has 0 aliphatic carbocycles. The van der Waals surface area contributed by atoms with Crippen molar-refractivity contribution in [2.24, 2.45) is 0 Å². The highest BCUT2D eigenvalue weighted by Gasteiger charge is 2.32. The lowest BCUT2D eigenvalue weighted by Crippen LogP contribution is -2.29. The van der Waals surface area contributed by atoms with Crippen LogP contribution < -0.4 is 4.90 Å². The zero-order valence-electron chi connectivity index (χ0n) is 21.9. The summed E-state index contributed by atoms with van der Waals surface area (Å²) in [7, 11) is 0. The summed E-state index contributed by atoms with van der Waals surface area (Å²) in [6, 6.07) is 33.2. The number of nitriles is 1. The van der Waals surface area contributed by atoms with Gasteiger partial charge in [-0.3, -0.25) is 0 Å². The van der Waals surface area contributed by atoms with E-state index in [2.05, 4.69) is 76.7 Å². The molecule has 5 aromatic carbocycles. The first-order valence-electron chi connectivity index (χ1n) is 13.3. The molecule has 0 spiro atoms. The van der Waals surface area contributed by atoms with E-state index in [1.165, 1.54) is 0 Å². The Morgan fingerprint density at radius 1 is 0.800 bits per heavy atom. The van der Waals surface area contributed by atoms with E-state index in [0.29, 0.717) is 11.3 Å². The maximum Gasteiger partial charge on any atom is 0.187 e. The monoisotopic (exact) mass is 514 g/mol. The van der Waals surface area contributed by atoms with Crippen LogP contribution in [0.15, 0.2) is 95.4 Å². The van der Waals surface area contributed by atoms with Gasteiger partial charge in [0, 0.05) is 22.2 Å². The summed E-state index contributed by atoms with van der Waals surface area (Å²) in [4.78, 5) is 5.90. The maximum atomic E-state index is 9.74. The lowest BCUT2D eigenvalue weighted by Gasteiger charge is -2.36. The van der Waals surface area contributed by atoms with E-state index < -0.39 is 0 Å². The molecule has 40 heavy (non-hydrogen) atoms. The lowest BCUT2D eigenvalue weighted by molar-refractivity contribution is 0.673. The van der Waals surface area contributed by atoms with Crippen LogP contribution in [0.3, 0.4) is 0 Å². The SMILES string of the molecule is [C-]#[N+]c1ccc(-c2ccc3c(c2)c2c4oc5ccccc5c4cc4c2n3-c2ccc(C#N)cc2N4C(C)C)cc1. The molecule has 0 bridgehead atoms. The van der Waals surface area contributed by atoms with Crippen LogP contribution >= 0.6 is 0 Å². The van der Waals surface area contributed by atoms with Gasteiger partial charge in [0.2, 0.25) is 0 Å². The molecule has 5 heteroatoms. The van der Waals surface area contributed by atoms with Crippen LogP contribution in [-0.2, 0) is 0 Å². The molecular weight excluding hydrogens is 492 g/mol. The number of hydrogen-bond donors (Lipinski definition) is 0. The Kier molecular flexibility index (Phi) is 4.49. The van der Waals surface area contributed by atoms with Gasteiger partial charge in [0.25, 0.3) is 0 Å². The summed E-state index contributed by atoms with van der Waals surface area (Å²) in [6.45, 7) is 11.7. The smallest absolute Gasteiger partial charge is 0.187 e. The Morgan fingerprint density at radius 3 is 2.38 bits per heavy atom. The first kappa shape index (κ1) is 22.5. The molecule has 188 valence electrons. The molecule has 7 aromatic rings. The van der Waals surface area contributed by atoms with E-state index in [1.807, 2.05) is 48.5 Å². The second-order valence-electron chi connectivity index (χ2n) is 10.6. The van der Waals surface area contributed by atoms with E-state index >= 15 is 0 Å². The summed E-state index contributed by atoms with van der Waals surface area (Å²) in [6.07, 6.45) is 0. The summed E-state index contributed by atoms with van der Waals surface area (Å²) >= 11 is 0. The Morgan fingerprint density at radius 2 is 1.60 bits per heavy atom. The molecule has 1 aliphatic heterocycles. The first-order valence-corrected chi connectivity index (χ1v) is 13.3. The topological polar surface area (TPSA) is 49.5 Å². The van der Waals surface area contributed by atoms with Crippen molar-refractivity contribution in [3.05, 3.63) is 108 Å². The minimum absolute atomic E-state index is 0.162. The number of rotatable bonds is 2. The van der Waals surface area contributed by atoms with Gasteiger partial charge in [-0.15, -0.1) is 0 Å². The van der Waals surface area contributed by atoms with Crippen LogP contribution in [-0.4, -0.2) is 10.6 Å². The molecule has 8 rings (SSSR count). The van der Waals surface area contributed by atoms with Gasteiger partial charge in [0.05, 0.1) is 51.7 Å². The number of aromatic nitrogens is 1. The summed E-state index contributed by atoms with van der Waals surface area (Å²) in [5.41, 5.74) is 10.5. The predicted molar refractivity (Wildman–Crippen MR) is 162 cm³/mol. The molecule has 0 amide bonds. The van der Waals surface area contributed by atoms with Crippen LogP contribution in [0.5, 0.6) is 0 Å². The van der Waals surface area contributed by atoms with Crippen LogP contribution in [0.25, 0.3) is 65.4 Å². The van der Waals surface area contributed by atoms with Crippen LogP contribution in [0, 0.1) is 17.9 Å². The van der Waals surface area contributed by atoms with Crippen LogP contribution in [0.1, 0.15) is 19.4 Å². The highest BCUT2D eigenvalue weighted by Crippen LogP contribution is 2.51. The first-order chi connectivity index (χ1) is 19.6. The molecule has 0 saturated carbocycles. The highest BCUT2D eigenvalue weighted by atomic mass is 16.3. The van der Waals surface area contributed by atoms with E-state index in [1.54, 1.807) is 0 Å². The average molecular weight is 515 g/mol. The fourth-order valence-corrected chi connectivity index (χ4v) is 6.37. The second kappa shape index (κ2) is 7.99. The van der Waals surface area contributed by atoms with Crippen molar-refractivity contribution in [1.29, 1.82) is 5.26 Å². The van der Waals surface area contributed by atoms with E-state index in [4.69, 9.17) is 11.0 Å². The fourth-order valence-electron chi connectivity index (χ4n) is 6.37. The van der Waals surface area contributed by atoms with Crippen molar-refractivity contribution in [3.63, 3.8) is 0 Å². The average Bonchev–Trinajstić information content (AvgIpc) is 3.53. The van der Waals surface area contributed by atoms with Crippen molar-refractivity contribution < 1.29 is 4.42 Å². The summed E-state index contributed by atoms with van der Waals surface area (Å²) in [5, 5.41) is 14.1. The lowest BCUT2D eigenvalue weighted by atomic mass is 10.0. The molecule has 0 radical (unpaired) electrons. The van der Waals surface area contributed by atoms with E-state index in [-0.39, 0.29) is 6.04 Å². The Labute approximate surface area is 230 Å². The van der Waals surface area contributed by atoms with Gasteiger partial charge < -0.3 is 13.9 Å². The molecule has 2 aromatic heterocycles. The van der Waals surface area contributed by atoms with Crippen molar-refractivity contribution in [1.82, 2.24) is 4.57 Å². The summed E-state index contributed by atoms with van der Waals surface area (Å²) in [5.74, 6) is 0. The zero-order valence-corrected chi connectivity index (χ0v) is 21.9. The molecule has 0 N–H and O–H groups in total. The van der Waals surface area contributed by atoms with E-state index in [0.717, 1.165) is 71.9 Å². The third-order valence-electron chi connectivity index (χ3n) is 8.06. The van der Waals surface area contributed by atoms with Gasteiger partial charge >= 0.3 is 0 Å². The molecule has 0 saturated heterocycles. The number of benzene rings is 5. The fraction of sp³-hybridized carbons (Fsp3) is 0.0857. The molecule has 3 heterocycles. The normalized spacial score (nSPS) is 12.4. The van der Waals surface area contributed by atoms with Crippen molar-refractivity contribution >= 4 is 60.8 Å². The molecule has 0 atom stereocenters. The van der Waals surface area contributed by atoms with Crippen LogP contribution in [0.4, 0.5) is 17.1 Å². The minimum Gasteiger partial charge on any atom is -0.455 e. The van der Waals surface area contributed by atoms with Gasteiger partial charge in [-0.2, -0.15) is 5.26 Å². The van der Waals surface area contributed by atoms with E-state index in [9.17, 15) is 5.26 Å². The van der Waals surface area contributed by atoms with Crippen LogP contribution in [0.2, 0.25) is 0 Å². The van der Waals surface area contributed by atoms with Crippen molar-refractivity contribution in [2.45, 2.75) is 19.9 Å². The largest absolute Gasteiger partial charge is 0.455 e. The molecule has 1 aliphatic rings. The number of anilines is 2. The van der Waals surface area contributed by atoms with Gasteiger partial charge in [-0.05, 0) is 67.4 Å². The van der Waals surface area contributed by atoms with Gasteiger partial charge in [0.15, 0.2) is 5.69 Å². The Hall–Kier alpha value is -5.52. The number of hydrogen-bond acceptors (Lipinski definition) is 3. The number of nitrogens with zero attached hydrogens (tertiary/aromatic N) is 4. The Bertz CT molecular complexity index is 2270. The van der Waals surface area contributed by atoms with Gasteiger partial charge in [-0.1, -0.05) is 48.5 Å². The molecule has 0 unspecified atom stereocenters. The third kappa shape index (κ3) is 2.89. The number of para-hydroxylation sites is 1. The predicted octanol–water partition coefficient (Wildman–Crippen LogP) is 9.63. The maximum absolute atomic E-state index is 9.74. The minimum atomic E-state index is 0.162.